The van der Waals surface area contributed by atoms with Crippen molar-refractivity contribution in [2.24, 2.45) is 0 Å². The van der Waals surface area contributed by atoms with Crippen molar-refractivity contribution in [2.75, 3.05) is 36.0 Å². The van der Waals surface area contributed by atoms with Crippen molar-refractivity contribution in [3.05, 3.63) is 46.0 Å². The van der Waals surface area contributed by atoms with Crippen LogP contribution in [0.2, 0.25) is 0 Å². The lowest BCUT2D eigenvalue weighted by molar-refractivity contribution is 0.632. The fourth-order valence-corrected chi connectivity index (χ4v) is 3.92. The Balaban J connectivity index is 1.50. The Bertz CT molecular complexity index is 724. The molecule has 4 rings (SSSR count). The molecule has 114 valence electrons. The van der Waals surface area contributed by atoms with E-state index in [0.717, 1.165) is 54.8 Å². The van der Waals surface area contributed by atoms with E-state index >= 15 is 0 Å². The Morgan fingerprint density at radius 3 is 2.68 bits per heavy atom. The predicted molar refractivity (Wildman–Crippen MR) is 88.5 cm³/mol. The van der Waals surface area contributed by atoms with Crippen LogP contribution < -0.4 is 15.4 Å². The van der Waals surface area contributed by atoms with Crippen LogP contribution >= 0.6 is 11.8 Å². The Labute approximate surface area is 132 Å². The zero-order chi connectivity index (χ0) is 14.9. The van der Waals surface area contributed by atoms with Gasteiger partial charge < -0.3 is 9.80 Å². The molecule has 22 heavy (non-hydrogen) atoms. The number of fused-ring (bicyclic) bond motifs is 1. The minimum absolute atomic E-state index is 0.0251. The number of rotatable bonds is 2. The maximum atomic E-state index is 12.1. The lowest BCUT2D eigenvalue weighted by Crippen LogP contribution is -2.47. The lowest BCUT2D eigenvalue weighted by atomic mass is 10.2. The predicted octanol–water partition coefficient (Wildman–Crippen LogP) is 1.24. The summed E-state index contributed by atoms with van der Waals surface area (Å²) in [7, 11) is 0. The van der Waals surface area contributed by atoms with Crippen LogP contribution in [0.3, 0.4) is 0 Å². The van der Waals surface area contributed by atoms with Crippen LogP contribution in [-0.4, -0.2) is 41.1 Å². The van der Waals surface area contributed by atoms with Crippen LogP contribution in [0.1, 0.15) is 11.3 Å². The van der Waals surface area contributed by atoms with Crippen LogP contribution in [0, 0.1) is 0 Å². The van der Waals surface area contributed by atoms with Crippen LogP contribution in [0.5, 0.6) is 0 Å². The second kappa shape index (κ2) is 5.64. The normalized spacial score (nSPS) is 17.6. The van der Waals surface area contributed by atoms with Crippen molar-refractivity contribution in [1.82, 2.24) is 15.0 Å². The molecule has 1 fully saturated rings. The molecule has 2 aliphatic heterocycles. The third-order valence-electron chi connectivity index (χ3n) is 4.13. The van der Waals surface area contributed by atoms with E-state index in [9.17, 15) is 4.79 Å². The molecular formula is C15H17N5OS. The lowest BCUT2D eigenvalue weighted by Gasteiger charge is -2.35. The number of nitrogens with zero attached hydrogens (tertiary/aromatic N) is 4. The van der Waals surface area contributed by atoms with Crippen LogP contribution in [-0.2, 0) is 11.5 Å². The van der Waals surface area contributed by atoms with E-state index in [4.69, 9.17) is 0 Å². The number of nitrogens with one attached hydrogen (secondary N) is 1. The molecule has 0 aromatic carbocycles. The first kappa shape index (κ1) is 13.6. The van der Waals surface area contributed by atoms with Crippen molar-refractivity contribution < 1.29 is 0 Å². The van der Waals surface area contributed by atoms with E-state index < -0.39 is 0 Å². The zero-order valence-corrected chi connectivity index (χ0v) is 13.0. The zero-order valence-electron chi connectivity index (χ0n) is 12.2. The minimum atomic E-state index is 0.0251. The number of aromatic amines is 1. The largest absolute Gasteiger partial charge is 0.353 e. The maximum absolute atomic E-state index is 12.1. The molecule has 1 saturated heterocycles. The number of anilines is 2. The molecule has 0 bridgehead atoms. The number of H-pyrrole nitrogens is 1. The van der Waals surface area contributed by atoms with Gasteiger partial charge in [-0.25, -0.2) is 9.97 Å². The van der Waals surface area contributed by atoms with E-state index in [2.05, 4.69) is 24.8 Å². The molecule has 0 aliphatic carbocycles. The SMILES string of the molecule is O=c1[nH]c(N2CCN(c3ccccn3)CC2)nc2c1CSC2. The third-order valence-corrected chi connectivity index (χ3v) is 5.10. The van der Waals surface area contributed by atoms with E-state index in [1.807, 2.05) is 24.4 Å². The number of pyridine rings is 1. The molecule has 0 amide bonds. The third kappa shape index (κ3) is 2.45. The highest BCUT2D eigenvalue weighted by Crippen LogP contribution is 2.26. The van der Waals surface area contributed by atoms with Gasteiger partial charge in [0.1, 0.15) is 5.82 Å². The van der Waals surface area contributed by atoms with Gasteiger partial charge in [-0.05, 0) is 12.1 Å². The maximum Gasteiger partial charge on any atom is 0.256 e. The monoisotopic (exact) mass is 315 g/mol. The van der Waals surface area contributed by atoms with Crippen molar-refractivity contribution in [2.45, 2.75) is 11.5 Å². The molecule has 7 heteroatoms. The first-order chi connectivity index (χ1) is 10.8. The molecular weight excluding hydrogens is 298 g/mol. The molecule has 0 unspecified atom stereocenters. The first-order valence-corrected chi connectivity index (χ1v) is 8.57. The van der Waals surface area contributed by atoms with E-state index in [-0.39, 0.29) is 5.56 Å². The molecule has 4 heterocycles. The summed E-state index contributed by atoms with van der Waals surface area (Å²) in [6, 6.07) is 5.96. The molecule has 0 saturated carbocycles. The van der Waals surface area contributed by atoms with Gasteiger partial charge in [-0.2, -0.15) is 11.8 Å². The van der Waals surface area contributed by atoms with E-state index in [1.54, 1.807) is 11.8 Å². The Morgan fingerprint density at radius 2 is 1.91 bits per heavy atom. The number of thioether (sulfide) groups is 1. The summed E-state index contributed by atoms with van der Waals surface area (Å²) < 4.78 is 0. The summed E-state index contributed by atoms with van der Waals surface area (Å²) in [6.45, 7) is 3.44. The van der Waals surface area contributed by atoms with Crippen LogP contribution in [0.25, 0.3) is 0 Å². The van der Waals surface area contributed by atoms with Crippen molar-refractivity contribution in [3.63, 3.8) is 0 Å². The number of piperazine rings is 1. The molecule has 2 aromatic heterocycles. The standard InChI is InChI=1S/C15H17N5OS/c21-14-11-9-22-10-12(11)17-15(18-14)20-7-5-19(6-8-20)13-3-1-2-4-16-13/h1-4H,5-10H2,(H,17,18,21). The summed E-state index contributed by atoms with van der Waals surface area (Å²) in [6.07, 6.45) is 1.82. The Morgan fingerprint density at radius 1 is 1.09 bits per heavy atom. The van der Waals surface area contributed by atoms with Crippen molar-refractivity contribution in [3.8, 4) is 0 Å². The fourth-order valence-electron chi connectivity index (χ4n) is 2.89. The Hall–Kier alpha value is -2.02. The second-order valence-electron chi connectivity index (χ2n) is 5.47. The molecule has 6 nitrogen and oxygen atoms in total. The topological polar surface area (TPSA) is 65.1 Å². The second-order valence-corrected chi connectivity index (χ2v) is 6.46. The number of hydrogen-bond acceptors (Lipinski definition) is 6. The quantitative estimate of drug-likeness (QED) is 0.899. The first-order valence-electron chi connectivity index (χ1n) is 7.42. The molecule has 1 N–H and O–H groups in total. The van der Waals surface area contributed by atoms with Gasteiger partial charge in [-0.1, -0.05) is 6.07 Å². The van der Waals surface area contributed by atoms with Gasteiger partial charge in [0.25, 0.3) is 5.56 Å². The summed E-state index contributed by atoms with van der Waals surface area (Å²) in [5, 5.41) is 0. The molecule has 2 aliphatic rings. The van der Waals surface area contributed by atoms with Gasteiger partial charge in [-0.3, -0.25) is 9.78 Å². The van der Waals surface area contributed by atoms with Gasteiger partial charge >= 0.3 is 0 Å². The Kier molecular flexibility index (Phi) is 3.49. The molecule has 0 spiro atoms. The van der Waals surface area contributed by atoms with E-state index in [1.165, 1.54) is 0 Å². The van der Waals surface area contributed by atoms with Crippen molar-refractivity contribution in [1.29, 1.82) is 0 Å². The highest BCUT2D eigenvalue weighted by Gasteiger charge is 2.23. The summed E-state index contributed by atoms with van der Waals surface area (Å²) in [4.78, 5) is 28.5. The van der Waals surface area contributed by atoms with Gasteiger partial charge in [0, 0.05) is 49.4 Å². The highest BCUT2D eigenvalue weighted by atomic mass is 32.2. The van der Waals surface area contributed by atoms with Crippen LogP contribution in [0.4, 0.5) is 11.8 Å². The van der Waals surface area contributed by atoms with E-state index in [0.29, 0.717) is 5.95 Å². The molecule has 0 atom stereocenters. The average molecular weight is 315 g/mol. The van der Waals surface area contributed by atoms with Crippen molar-refractivity contribution >= 4 is 23.5 Å². The summed E-state index contributed by atoms with van der Waals surface area (Å²) in [5.41, 5.74) is 1.83. The number of hydrogen-bond donors (Lipinski definition) is 1. The minimum Gasteiger partial charge on any atom is -0.353 e. The fraction of sp³-hybridized carbons (Fsp3) is 0.400. The van der Waals surface area contributed by atoms with Gasteiger partial charge in [0.15, 0.2) is 0 Å². The van der Waals surface area contributed by atoms with Gasteiger partial charge in [-0.15, -0.1) is 0 Å². The summed E-state index contributed by atoms with van der Waals surface area (Å²) >= 11 is 1.75. The number of aromatic nitrogens is 3. The molecule has 2 aromatic rings. The molecule has 0 radical (unpaired) electrons. The average Bonchev–Trinajstić information content (AvgIpc) is 3.05. The highest BCUT2D eigenvalue weighted by molar-refractivity contribution is 7.98. The van der Waals surface area contributed by atoms with Crippen LogP contribution in [0.15, 0.2) is 29.2 Å². The van der Waals surface area contributed by atoms with Gasteiger partial charge in [0.2, 0.25) is 5.95 Å². The van der Waals surface area contributed by atoms with Gasteiger partial charge in [0.05, 0.1) is 5.69 Å². The summed E-state index contributed by atoms with van der Waals surface area (Å²) in [5.74, 6) is 3.35. The smallest absolute Gasteiger partial charge is 0.256 e.